The lowest BCUT2D eigenvalue weighted by atomic mass is 9.94. The Labute approximate surface area is 212 Å². The maximum atomic E-state index is 11.9. The lowest BCUT2D eigenvalue weighted by Crippen LogP contribution is -2.69. The lowest BCUT2D eigenvalue weighted by molar-refractivity contribution is -0.365. The van der Waals surface area contributed by atoms with Crippen LogP contribution in [0.1, 0.15) is 13.8 Å². The molecule has 0 aromatic heterocycles. The molecule has 15 atom stereocenters. The highest BCUT2D eigenvalue weighted by Crippen LogP contribution is 2.32. The molecule has 3 rings (SSSR count). The van der Waals surface area contributed by atoms with Crippen molar-refractivity contribution in [1.29, 1.82) is 0 Å². The highest BCUT2D eigenvalue weighted by molar-refractivity contribution is 5.73. The summed E-state index contributed by atoms with van der Waals surface area (Å²) in [5.41, 5.74) is 0. The molecule has 0 unspecified atom stereocenters. The second-order valence-corrected chi connectivity index (χ2v) is 9.27. The Morgan fingerprint density at radius 1 is 0.730 bits per heavy atom. The Kier molecular flexibility index (Phi) is 10.6. The van der Waals surface area contributed by atoms with Crippen molar-refractivity contribution in [3.63, 3.8) is 0 Å². The number of aliphatic hydroxyl groups excluding tert-OH is 8. The number of carbonyl (C=O) groups is 1. The SMILES string of the molecule is CO[C@@H]1O[C@H](CO)[C@H](O)[C@H](O[C@@H]2O[C@H](CO)[C@@H](O[C@@H]3O[C@@H](C)[C@@H](O)[C@@H](O)[C@@H]3O)[C@H](O)[C@H]2NC(C)=O)[C@H]1O. The summed E-state index contributed by atoms with van der Waals surface area (Å²) in [6.07, 6.45) is -20.4. The Morgan fingerprint density at radius 3 is 1.89 bits per heavy atom. The van der Waals surface area contributed by atoms with E-state index in [-0.39, 0.29) is 0 Å². The van der Waals surface area contributed by atoms with Crippen LogP contribution >= 0.6 is 0 Å². The van der Waals surface area contributed by atoms with E-state index in [2.05, 4.69) is 5.32 Å². The molecule has 3 fully saturated rings. The smallest absolute Gasteiger partial charge is 0.217 e. The third kappa shape index (κ3) is 6.39. The molecule has 1 amide bonds. The van der Waals surface area contributed by atoms with Gasteiger partial charge in [-0.3, -0.25) is 4.79 Å². The Bertz CT molecular complexity index is 731. The largest absolute Gasteiger partial charge is 0.394 e. The van der Waals surface area contributed by atoms with E-state index < -0.39 is 111 Å². The van der Waals surface area contributed by atoms with E-state index in [4.69, 9.17) is 28.4 Å². The van der Waals surface area contributed by atoms with Crippen LogP contribution in [0, 0.1) is 0 Å². The van der Waals surface area contributed by atoms with E-state index in [9.17, 15) is 45.6 Å². The van der Waals surface area contributed by atoms with Crippen LogP contribution in [0.15, 0.2) is 0 Å². The van der Waals surface area contributed by atoms with Gasteiger partial charge in [0.25, 0.3) is 0 Å². The first kappa shape index (κ1) is 30.5. The summed E-state index contributed by atoms with van der Waals surface area (Å²) < 4.78 is 32.8. The van der Waals surface area contributed by atoms with Crippen LogP contribution < -0.4 is 5.32 Å². The van der Waals surface area contributed by atoms with Crippen LogP contribution in [-0.2, 0) is 33.2 Å². The Hall–Kier alpha value is -1.09. The van der Waals surface area contributed by atoms with E-state index in [1.54, 1.807) is 0 Å². The molecule has 0 aromatic rings. The van der Waals surface area contributed by atoms with Crippen molar-refractivity contribution in [3.05, 3.63) is 0 Å². The highest BCUT2D eigenvalue weighted by atomic mass is 16.7. The maximum Gasteiger partial charge on any atom is 0.217 e. The van der Waals surface area contributed by atoms with Gasteiger partial charge in [0.1, 0.15) is 67.1 Å². The molecule has 0 radical (unpaired) electrons. The monoisotopic (exact) mass is 543 g/mol. The van der Waals surface area contributed by atoms with Gasteiger partial charge >= 0.3 is 0 Å². The van der Waals surface area contributed by atoms with Gasteiger partial charge in [-0.1, -0.05) is 0 Å². The summed E-state index contributed by atoms with van der Waals surface area (Å²) >= 11 is 0. The summed E-state index contributed by atoms with van der Waals surface area (Å²) in [6, 6.07) is -1.39. The molecule has 0 spiro atoms. The molecular formula is C21H37NO15. The Balaban J connectivity index is 1.83. The van der Waals surface area contributed by atoms with Gasteiger partial charge in [-0.25, -0.2) is 0 Å². The van der Waals surface area contributed by atoms with Gasteiger partial charge in [-0.05, 0) is 6.92 Å². The molecule has 9 N–H and O–H groups in total. The number of hydrogen-bond acceptors (Lipinski definition) is 15. The average molecular weight is 544 g/mol. The fourth-order valence-corrected chi connectivity index (χ4v) is 4.58. The third-order valence-corrected chi connectivity index (χ3v) is 6.67. The van der Waals surface area contributed by atoms with E-state index in [0.717, 1.165) is 6.92 Å². The van der Waals surface area contributed by atoms with Gasteiger partial charge in [0.2, 0.25) is 5.91 Å². The number of carbonyl (C=O) groups excluding carboxylic acids is 1. The minimum absolute atomic E-state index is 0.625. The maximum absolute atomic E-state index is 11.9. The molecule has 0 aliphatic carbocycles. The topological polar surface area (TPSA) is 246 Å². The molecule has 0 aromatic carbocycles. The zero-order valence-electron chi connectivity index (χ0n) is 20.5. The van der Waals surface area contributed by atoms with Crippen LogP contribution in [-0.4, -0.2) is 159 Å². The summed E-state index contributed by atoms with van der Waals surface area (Å²) in [4.78, 5) is 11.9. The molecule has 3 saturated heterocycles. The van der Waals surface area contributed by atoms with Gasteiger partial charge in [-0.2, -0.15) is 0 Å². The van der Waals surface area contributed by atoms with Crippen molar-refractivity contribution in [2.45, 2.75) is 106 Å². The second-order valence-electron chi connectivity index (χ2n) is 9.27. The minimum Gasteiger partial charge on any atom is -0.394 e. The first-order valence-corrected chi connectivity index (χ1v) is 11.8. The predicted molar refractivity (Wildman–Crippen MR) is 116 cm³/mol. The third-order valence-electron chi connectivity index (χ3n) is 6.67. The number of hydrogen-bond donors (Lipinski definition) is 9. The van der Waals surface area contributed by atoms with Crippen LogP contribution in [0.5, 0.6) is 0 Å². The molecule has 37 heavy (non-hydrogen) atoms. The molecule has 216 valence electrons. The van der Waals surface area contributed by atoms with Crippen molar-refractivity contribution < 1.29 is 74.1 Å². The van der Waals surface area contributed by atoms with Gasteiger partial charge in [0, 0.05) is 14.0 Å². The number of rotatable bonds is 8. The summed E-state index contributed by atoms with van der Waals surface area (Å²) in [5.74, 6) is -0.625. The molecule has 16 heteroatoms. The molecule has 3 aliphatic heterocycles. The number of ether oxygens (including phenoxy) is 6. The van der Waals surface area contributed by atoms with Crippen molar-refractivity contribution in [3.8, 4) is 0 Å². The number of aliphatic hydroxyl groups is 8. The molecule has 0 bridgehead atoms. The lowest BCUT2D eigenvalue weighted by Gasteiger charge is -2.49. The fraction of sp³-hybridized carbons (Fsp3) is 0.952. The number of amides is 1. The van der Waals surface area contributed by atoms with Gasteiger partial charge < -0.3 is 74.6 Å². The van der Waals surface area contributed by atoms with Crippen LogP contribution in [0.25, 0.3) is 0 Å². The van der Waals surface area contributed by atoms with E-state index in [1.165, 1.54) is 14.0 Å². The van der Waals surface area contributed by atoms with Crippen molar-refractivity contribution >= 4 is 5.91 Å². The van der Waals surface area contributed by atoms with Crippen molar-refractivity contribution in [2.24, 2.45) is 0 Å². The standard InChI is InChI=1S/C21H37NO15/c1-6-11(26)14(29)15(30)21(33-6)36-17-9(5-24)35-19(10(13(17)28)22-7(2)25)37-18-12(27)8(4-23)34-20(32-3)16(18)31/h6,8-21,23-24,26-31H,4-5H2,1-3H3,(H,22,25)/t6-,8+,9+,10+,11+,12-,13+,14+,15-,16+,17+,18-,19-,20+,21-/m0/s1. The minimum atomic E-state index is -1.72. The molecule has 0 saturated carbocycles. The quantitative estimate of drug-likeness (QED) is 0.138. The second kappa shape index (κ2) is 12.8. The normalized spacial score (nSPS) is 49.0. The van der Waals surface area contributed by atoms with Crippen molar-refractivity contribution in [2.75, 3.05) is 20.3 Å². The predicted octanol–water partition coefficient (Wildman–Crippen LogP) is -5.75. The van der Waals surface area contributed by atoms with E-state index in [0.29, 0.717) is 0 Å². The van der Waals surface area contributed by atoms with Gasteiger partial charge in [-0.15, -0.1) is 0 Å². The van der Waals surface area contributed by atoms with Gasteiger partial charge in [0.05, 0.1) is 19.3 Å². The molecular weight excluding hydrogens is 506 g/mol. The van der Waals surface area contributed by atoms with Crippen LogP contribution in [0.2, 0.25) is 0 Å². The summed E-state index contributed by atoms with van der Waals surface area (Å²) in [7, 11) is 1.22. The zero-order valence-corrected chi connectivity index (χ0v) is 20.5. The average Bonchev–Trinajstić information content (AvgIpc) is 2.86. The Morgan fingerprint density at radius 2 is 1.32 bits per heavy atom. The summed E-state index contributed by atoms with van der Waals surface area (Å²) in [6.45, 7) is 1.17. The number of methoxy groups -OCH3 is 1. The first-order chi connectivity index (χ1) is 17.4. The molecule has 16 nitrogen and oxygen atoms in total. The van der Waals surface area contributed by atoms with Crippen LogP contribution in [0.4, 0.5) is 0 Å². The first-order valence-electron chi connectivity index (χ1n) is 11.8. The van der Waals surface area contributed by atoms with E-state index >= 15 is 0 Å². The zero-order chi connectivity index (χ0) is 27.6. The summed E-state index contributed by atoms with van der Waals surface area (Å²) in [5, 5.41) is 84.5. The highest BCUT2D eigenvalue weighted by Gasteiger charge is 2.53. The number of nitrogens with one attached hydrogen (secondary N) is 1. The fourth-order valence-electron chi connectivity index (χ4n) is 4.58. The molecule has 3 aliphatic rings. The van der Waals surface area contributed by atoms with Crippen molar-refractivity contribution in [1.82, 2.24) is 5.32 Å². The van der Waals surface area contributed by atoms with Crippen LogP contribution in [0.3, 0.4) is 0 Å². The van der Waals surface area contributed by atoms with Gasteiger partial charge in [0.15, 0.2) is 18.9 Å². The van der Waals surface area contributed by atoms with E-state index in [1.807, 2.05) is 0 Å². The molecule has 3 heterocycles.